The van der Waals surface area contributed by atoms with Crippen LogP contribution in [0, 0.1) is 17.1 Å². The lowest BCUT2D eigenvalue weighted by Gasteiger charge is -2.42. The van der Waals surface area contributed by atoms with Crippen LogP contribution in [0.15, 0.2) is 66.5 Å². The lowest BCUT2D eigenvalue weighted by Crippen LogP contribution is -2.55. The van der Waals surface area contributed by atoms with Crippen LogP contribution in [-0.2, 0) is 9.59 Å². The maximum Gasteiger partial charge on any atom is 0.264 e. The Morgan fingerprint density at radius 1 is 1.04 bits per heavy atom. The number of carbonyl (C=O) groups is 2. The van der Waals surface area contributed by atoms with E-state index < -0.39 is 11.4 Å². The van der Waals surface area contributed by atoms with Crippen molar-refractivity contribution in [3.63, 3.8) is 0 Å². The monoisotopic (exact) mass is 651 g/mol. The van der Waals surface area contributed by atoms with Crippen molar-refractivity contribution in [3.05, 3.63) is 72.3 Å². The SMILES string of the molecule is CC(=O)N1CCN(C(C)(C)/C=C(/C#N)C(=O)N2CCC[C@@H](n3nc(-c4ccc(Oc5ccccc5)cc4F)c4c(N)ncnc43)C2)CC1. The molecule has 2 aliphatic heterocycles. The van der Waals surface area contributed by atoms with Crippen molar-refractivity contribution >= 4 is 28.7 Å². The number of halogens is 1. The molecule has 0 spiro atoms. The molecule has 1 atom stereocenters. The van der Waals surface area contributed by atoms with Crippen molar-refractivity contribution in [3.8, 4) is 28.8 Å². The van der Waals surface area contributed by atoms with Crippen molar-refractivity contribution in [1.82, 2.24) is 34.4 Å². The van der Waals surface area contributed by atoms with E-state index in [1.54, 1.807) is 51.7 Å². The highest BCUT2D eigenvalue weighted by atomic mass is 19.1. The van der Waals surface area contributed by atoms with Gasteiger partial charge in [-0.25, -0.2) is 19.0 Å². The summed E-state index contributed by atoms with van der Waals surface area (Å²) in [6, 6.07) is 15.5. The van der Waals surface area contributed by atoms with Gasteiger partial charge in [0.15, 0.2) is 5.65 Å². The van der Waals surface area contributed by atoms with E-state index >= 15 is 4.39 Å². The Morgan fingerprint density at radius 2 is 1.79 bits per heavy atom. The second kappa shape index (κ2) is 13.4. The average Bonchev–Trinajstić information content (AvgIpc) is 3.48. The summed E-state index contributed by atoms with van der Waals surface area (Å²) in [7, 11) is 0. The number of nitrogens with zero attached hydrogens (tertiary/aromatic N) is 8. The Bertz CT molecular complexity index is 1910. The number of amides is 2. The number of nitrogens with two attached hydrogens (primary N) is 1. The number of hydrogen-bond donors (Lipinski definition) is 1. The van der Waals surface area contributed by atoms with Crippen LogP contribution < -0.4 is 10.5 Å². The topological polar surface area (TPSA) is 146 Å². The lowest BCUT2D eigenvalue weighted by molar-refractivity contribution is -0.131. The third kappa shape index (κ3) is 6.57. The zero-order valence-electron chi connectivity index (χ0n) is 27.3. The van der Waals surface area contributed by atoms with Crippen LogP contribution in [0.1, 0.15) is 39.7 Å². The number of fused-ring (bicyclic) bond motifs is 1. The first-order chi connectivity index (χ1) is 23.1. The Hall–Kier alpha value is -5.35. The number of nitrogen functional groups attached to an aromatic ring is 1. The van der Waals surface area contributed by atoms with Gasteiger partial charge in [-0.1, -0.05) is 18.2 Å². The van der Waals surface area contributed by atoms with Gasteiger partial charge in [-0.05, 0) is 57.0 Å². The maximum atomic E-state index is 15.6. The number of anilines is 1. The number of benzene rings is 2. The van der Waals surface area contributed by atoms with E-state index in [0.717, 1.165) is 0 Å². The van der Waals surface area contributed by atoms with Crippen LogP contribution in [0.2, 0.25) is 0 Å². The van der Waals surface area contributed by atoms with Gasteiger partial charge < -0.3 is 20.3 Å². The fraction of sp³-hybridized carbons (Fsp3) is 0.371. The van der Waals surface area contributed by atoms with Gasteiger partial charge in [-0.15, -0.1) is 0 Å². The molecule has 0 bridgehead atoms. The second-order valence-electron chi connectivity index (χ2n) is 12.7. The molecule has 4 aromatic rings. The van der Waals surface area contributed by atoms with Gasteiger partial charge in [-0.3, -0.25) is 14.5 Å². The summed E-state index contributed by atoms with van der Waals surface area (Å²) in [4.78, 5) is 39.8. The molecule has 12 nitrogen and oxygen atoms in total. The first-order valence-corrected chi connectivity index (χ1v) is 16.0. The highest BCUT2D eigenvalue weighted by molar-refractivity contribution is 5.99. The molecule has 248 valence electrons. The number of ether oxygens (including phenoxy) is 1. The minimum atomic E-state index is -0.577. The first kappa shape index (κ1) is 32.6. The molecule has 0 saturated carbocycles. The Morgan fingerprint density at radius 3 is 2.48 bits per heavy atom. The molecule has 4 heterocycles. The number of rotatable bonds is 7. The molecule has 48 heavy (non-hydrogen) atoms. The number of carbonyl (C=O) groups excluding carboxylic acids is 2. The molecule has 13 heteroatoms. The molecule has 0 aliphatic carbocycles. The van der Waals surface area contributed by atoms with Gasteiger partial charge in [0, 0.05) is 63.4 Å². The van der Waals surface area contributed by atoms with Crippen LogP contribution in [0.5, 0.6) is 11.5 Å². The van der Waals surface area contributed by atoms with E-state index in [0.29, 0.717) is 73.8 Å². The number of aromatic nitrogens is 4. The smallest absolute Gasteiger partial charge is 0.264 e. The minimum absolute atomic E-state index is 0.0400. The van der Waals surface area contributed by atoms with Crippen molar-refractivity contribution in [2.24, 2.45) is 0 Å². The summed E-state index contributed by atoms with van der Waals surface area (Å²) in [5.41, 5.74) is 6.73. The number of nitriles is 1. The fourth-order valence-corrected chi connectivity index (χ4v) is 6.51. The van der Waals surface area contributed by atoms with Gasteiger partial charge >= 0.3 is 0 Å². The van der Waals surface area contributed by atoms with E-state index in [-0.39, 0.29) is 41.4 Å². The van der Waals surface area contributed by atoms with Gasteiger partial charge in [0.2, 0.25) is 5.91 Å². The molecule has 2 aromatic carbocycles. The molecule has 2 amide bonds. The molecule has 2 fully saturated rings. The molecular weight excluding hydrogens is 613 g/mol. The molecular formula is C35H38FN9O3. The number of piperidine rings is 1. The van der Waals surface area contributed by atoms with Gasteiger partial charge in [-0.2, -0.15) is 10.4 Å². The maximum absolute atomic E-state index is 15.6. The standard InChI is InChI=1S/C35H38FN9O3/c1-23(46)42-14-16-44(17-15-42)35(2,3)19-24(20-37)34(47)43-13-7-8-25(21-43)45-33-30(32(38)39-22-40-33)31(41-45)28-12-11-27(18-29(28)36)48-26-9-5-4-6-10-26/h4-6,9-12,18-19,22,25H,7-8,13-17,21H2,1-3H3,(H2,38,39,40)/b24-19-/t25-/m1/s1. The highest BCUT2D eigenvalue weighted by Gasteiger charge is 2.34. The molecule has 2 N–H and O–H groups in total. The molecule has 6 rings (SSSR count). The van der Waals surface area contributed by atoms with Crippen LogP contribution in [0.4, 0.5) is 10.2 Å². The van der Waals surface area contributed by atoms with E-state index in [2.05, 4.69) is 20.9 Å². The van der Waals surface area contributed by atoms with Gasteiger partial charge in [0.1, 0.15) is 46.8 Å². The predicted octanol–water partition coefficient (Wildman–Crippen LogP) is 4.56. The van der Waals surface area contributed by atoms with Gasteiger partial charge in [0.25, 0.3) is 5.91 Å². The third-order valence-electron chi connectivity index (χ3n) is 9.11. The summed E-state index contributed by atoms with van der Waals surface area (Å²) in [5, 5.41) is 15.3. The molecule has 2 aromatic heterocycles. The molecule has 0 radical (unpaired) electrons. The lowest BCUT2D eigenvalue weighted by atomic mass is 9.96. The normalized spacial score (nSPS) is 17.7. The van der Waals surface area contributed by atoms with Crippen molar-refractivity contribution in [2.45, 2.75) is 45.2 Å². The van der Waals surface area contributed by atoms with E-state index in [9.17, 15) is 14.9 Å². The second-order valence-corrected chi connectivity index (χ2v) is 12.7. The number of hydrogen-bond acceptors (Lipinski definition) is 9. The summed E-state index contributed by atoms with van der Waals surface area (Å²) < 4.78 is 23.2. The number of para-hydroxylation sites is 1. The minimum Gasteiger partial charge on any atom is -0.457 e. The number of piperazine rings is 1. The first-order valence-electron chi connectivity index (χ1n) is 16.0. The van der Waals surface area contributed by atoms with E-state index in [1.807, 2.05) is 32.0 Å². The van der Waals surface area contributed by atoms with E-state index in [4.69, 9.17) is 15.6 Å². The molecule has 2 saturated heterocycles. The fourth-order valence-electron chi connectivity index (χ4n) is 6.51. The van der Waals surface area contributed by atoms with Gasteiger partial charge in [0.05, 0.1) is 11.4 Å². The van der Waals surface area contributed by atoms with Crippen LogP contribution in [0.25, 0.3) is 22.3 Å². The van der Waals surface area contributed by atoms with E-state index in [1.165, 1.54) is 12.4 Å². The zero-order chi connectivity index (χ0) is 34.0. The highest BCUT2D eigenvalue weighted by Crippen LogP contribution is 2.36. The molecule has 0 unspecified atom stereocenters. The third-order valence-corrected chi connectivity index (χ3v) is 9.11. The zero-order valence-corrected chi connectivity index (χ0v) is 27.3. The van der Waals surface area contributed by atoms with Crippen molar-refractivity contribution in [1.29, 1.82) is 5.26 Å². The van der Waals surface area contributed by atoms with Crippen molar-refractivity contribution in [2.75, 3.05) is 45.0 Å². The predicted molar refractivity (Wildman–Crippen MR) is 178 cm³/mol. The average molecular weight is 652 g/mol. The Balaban J connectivity index is 1.25. The summed E-state index contributed by atoms with van der Waals surface area (Å²) in [6.45, 7) is 8.75. The quantitative estimate of drug-likeness (QED) is 0.224. The number of likely N-dealkylation sites (tertiary alicyclic amines) is 1. The van der Waals surface area contributed by atoms with Crippen LogP contribution in [0.3, 0.4) is 0 Å². The molecule has 2 aliphatic rings. The Kier molecular flexibility index (Phi) is 9.10. The van der Waals surface area contributed by atoms with Crippen LogP contribution in [-0.4, -0.2) is 91.1 Å². The largest absolute Gasteiger partial charge is 0.457 e. The van der Waals surface area contributed by atoms with Crippen molar-refractivity contribution < 1.29 is 18.7 Å². The Labute approximate surface area is 278 Å². The summed E-state index contributed by atoms with van der Waals surface area (Å²) in [6.07, 6.45) is 4.43. The summed E-state index contributed by atoms with van der Waals surface area (Å²) >= 11 is 0. The van der Waals surface area contributed by atoms with Crippen LogP contribution >= 0.6 is 0 Å². The summed E-state index contributed by atoms with van der Waals surface area (Å²) in [5.74, 6) is 0.211.